The predicted octanol–water partition coefficient (Wildman–Crippen LogP) is 2.17. The topological polar surface area (TPSA) is 97.0 Å². The van der Waals surface area contributed by atoms with Crippen LogP contribution in [0, 0.1) is 0 Å². The van der Waals surface area contributed by atoms with Gasteiger partial charge in [0.2, 0.25) is 5.91 Å². The Morgan fingerprint density at radius 3 is 2.66 bits per heavy atom. The zero-order valence-corrected chi connectivity index (χ0v) is 15.7. The monoisotopic (exact) mass is 395 g/mol. The molecule has 2 aromatic rings. The van der Waals surface area contributed by atoms with E-state index in [0.29, 0.717) is 35.8 Å². The van der Waals surface area contributed by atoms with Crippen LogP contribution in [0.4, 0.5) is 17.1 Å². The van der Waals surface area contributed by atoms with Crippen molar-refractivity contribution in [3.05, 3.63) is 48.5 Å². The minimum Gasteiger partial charge on any atom is -0.482 e. The second-order valence-corrected chi connectivity index (χ2v) is 6.86. The van der Waals surface area contributed by atoms with Crippen molar-refractivity contribution in [1.82, 2.24) is 0 Å². The SMILES string of the molecule is O=C(CN1C(=O)COc2ccc(NC(=O)C3CCCO3)cc21)Nc1ccccc1. The molecular formula is C21H21N3O5. The normalized spacial score (nSPS) is 18.0. The van der Waals surface area contributed by atoms with E-state index in [1.807, 2.05) is 18.2 Å². The highest BCUT2D eigenvalue weighted by Gasteiger charge is 2.29. The summed E-state index contributed by atoms with van der Waals surface area (Å²) in [6.45, 7) is 0.273. The molecule has 4 rings (SSSR count). The predicted molar refractivity (Wildman–Crippen MR) is 107 cm³/mol. The maximum absolute atomic E-state index is 12.4. The van der Waals surface area contributed by atoms with Gasteiger partial charge in [-0.2, -0.15) is 0 Å². The summed E-state index contributed by atoms with van der Waals surface area (Å²) in [5.74, 6) is -0.402. The van der Waals surface area contributed by atoms with E-state index in [0.717, 1.165) is 6.42 Å². The van der Waals surface area contributed by atoms with Crippen molar-refractivity contribution in [1.29, 1.82) is 0 Å². The van der Waals surface area contributed by atoms with Gasteiger partial charge in [0.1, 0.15) is 18.4 Å². The van der Waals surface area contributed by atoms with Crippen molar-refractivity contribution >= 4 is 34.8 Å². The first kappa shape index (κ1) is 18.9. The lowest BCUT2D eigenvalue weighted by Gasteiger charge is -2.29. The molecule has 0 bridgehead atoms. The molecule has 1 saturated heterocycles. The first-order valence-electron chi connectivity index (χ1n) is 9.45. The number of fused-ring (bicyclic) bond motifs is 1. The van der Waals surface area contributed by atoms with Crippen LogP contribution in [0.5, 0.6) is 5.75 Å². The quantitative estimate of drug-likeness (QED) is 0.809. The minimum absolute atomic E-state index is 0.146. The molecule has 1 unspecified atom stereocenters. The third kappa shape index (κ3) is 4.38. The zero-order valence-electron chi connectivity index (χ0n) is 15.7. The average molecular weight is 395 g/mol. The van der Waals surface area contributed by atoms with Crippen molar-refractivity contribution in [2.24, 2.45) is 0 Å². The molecule has 2 N–H and O–H groups in total. The second kappa shape index (κ2) is 8.32. The van der Waals surface area contributed by atoms with Crippen molar-refractivity contribution in [3.63, 3.8) is 0 Å². The fraction of sp³-hybridized carbons (Fsp3) is 0.286. The Morgan fingerprint density at radius 1 is 1.07 bits per heavy atom. The Morgan fingerprint density at radius 2 is 1.90 bits per heavy atom. The lowest BCUT2D eigenvalue weighted by Crippen LogP contribution is -2.43. The molecule has 29 heavy (non-hydrogen) atoms. The van der Waals surface area contributed by atoms with Gasteiger partial charge in [-0.1, -0.05) is 18.2 Å². The molecule has 8 heteroatoms. The summed E-state index contributed by atoms with van der Waals surface area (Å²) in [6.07, 6.45) is 1.08. The van der Waals surface area contributed by atoms with Crippen LogP contribution in [-0.4, -0.2) is 43.6 Å². The molecule has 0 aromatic heterocycles. The van der Waals surface area contributed by atoms with Gasteiger partial charge in [0.25, 0.3) is 11.8 Å². The number of hydrogen-bond donors (Lipinski definition) is 2. The molecule has 2 aliphatic rings. The van der Waals surface area contributed by atoms with Gasteiger partial charge in [0, 0.05) is 18.0 Å². The molecule has 0 saturated carbocycles. The van der Waals surface area contributed by atoms with Gasteiger partial charge in [-0.25, -0.2) is 0 Å². The molecular weight excluding hydrogens is 374 g/mol. The highest BCUT2D eigenvalue weighted by Crippen LogP contribution is 2.34. The molecule has 150 valence electrons. The summed E-state index contributed by atoms with van der Waals surface area (Å²) in [6, 6.07) is 14.0. The Kier molecular flexibility index (Phi) is 5.44. The van der Waals surface area contributed by atoms with Gasteiger partial charge in [0.05, 0.1) is 5.69 Å². The van der Waals surface area contributed by atoms with Crippen LogP contribution in [0.3, 0.4) is 0 Å². The Hall–Kier alpha value is -3.39. The molecule has 0 spiro atoms. The summed E-state index contributed by atoms with van der Waals surface area (Å²) in [7, 11) is 0. The van der Waals surface area contributed by atoms with Gasteiger partial charge in [-0.05, 0) is 43.2 Å². The highest BCUT2D eigenvalue weighted by molar-refractivity contribution is 6.05. The van der Waals surface area contributed by atoms with Crippen molar-refractivity contribution < 1.29 is 23.9 Å². The van der Waals surface area contributed by atoms with Crippen molar-refractivity contribution in [2.45, 2.75) is 18.9 Å². The van der Waals surface area contributed by atoms with E-state index in [-0.39, 0.29) is 30.9 Å². The third-order valence-corrected chi connectivity index (χ3v) is 4.75. The number of ether oxygens (including phenoxy) is 2. The van der Waals surface area contributed by atoms with Crippen LogP contribution in [0.15, 0.2) is 48.5 Å². The number of carbonyl (C=O) groups is 3. The molecule has 1 fully saturated rings. The van der Waals surface area contributed by atoms with Crippen LogP contribution in [0.25, 0.3) is 0 Å². The average Bonchev–Trinajstić information content (AvgIpc) is 3.26. The second-order valence-electron chi connectivity index (χ2n) is 6.86. The van der Waals surface area contributed by atoms with E-state index >= 15 is 0 Å². The molecule has 8 nitrogen and oxygen atoms in total. The number of anilines is 3. The van der Waals surface area contributed by atoms with Crippen LogP contribution in [-0.2, 0) is 19.1 Å². The van der Waals surface area contributed by atoms with Crippen LogP contribution < -0.4 is 20.3 Å². The van der Waals surface area contributed by atoms with Gasteiger partial charge in [0.15, 0.2) is 6.61 Å². The molecule has 2 heterocycles. The van der Waals surface area contributed by atoms with Gasteiger partial charge < -0.3 is 20.1 Å². The summed E-state index contributed by atoms with van der Waals surface area (Å²) >= 11 is 0. The summed E-state index contributed by atoms with van der Waals surface area (Å²) in [5, 5.41) is 5.57. The largest absolute Gasteiger partial charge is 0.482 e. The third-order valence-electron chi connectivity index (χ3n) is 4.75. The van der Waals surface area contributed by atoms with Gasteiger partial charge in [-0.3, -0.25) is 19.3 Å². The number of para-hydroxylation sites is 1. The molecule has 1 atom stereocenters. The lowest BCUT2D eigenvalue weighted by molar-refractivity contribution is -0.124. The van der Waals surface area contributed by atoms with E-state index in [9.17, 15) is 14.4 Å². The minimum atomic E-state index is -0.461. The van der Waals surface area contributed by atoms with Gasteiger partial charge >= 0.3 is 0 Å². The van der Waals surface area contributed by atoms with Crippen LogP contribution in [0.1, 0.15) is 12.8 Å². The van der Waals surface area contributed by atoms with Crippen molar-refractivity contribution in [2.75, 3.05) is 35.3 Å². The zero-order chi connectivity index (χ0) is 20.2. The number of amides is 3. The summed E-state index contributed by atoms with van der Waals surface area (Å²) < 4.78 is 10.9. The highest BCUT2D eigenvalue weighted by atomic mass is 16.5. The fourth-order valence-electron chi connectivity index (χ4n) is 3.33. The summed E-state index contributed by atoms with van der Waals surface area (Å²) in [4.78, 5) is 38.5. The van der Waals surface area contributed by atoms with E-state index in [4.69, 9.17) is 9.47 Å². The molecule has 0 radical (unpaired) electrons. The van der Waals surface area contributed by atoms with Crippen LogP contribution >= 0.6 is 0 Å². The number of hydrogen-bond acceptors (Lipinski definition) is 5. The Labute approximate surface area is 167 Å². The van der Waals surface area contributed by atoms with E-state index in [1.54, 1.807) is 30.3 Å². The van der Waals surface area contributed by atoms with E-state index < -0.39 is 6.10 Å². The van der Waals surface area contributed by atoms with Gasteiger partial charge in [-0.15, -0.1) is 0 Å². The number of nitrogens with zero attached hydrogens (tertiary/aromatic N) is 1. The molecule has 3 amide bonds. The standard InChI is InChI=1S/C21H21N3O5/c25-19(22-14-5-2-1-3-6-14)12-24-16-11-15(8-9-17(16)29-13-20(24)26)23-21(27)18-7-4-10-28-18/h1-3,5-6,8-9,11,18H,4,7,10,12-13H2,(H,22,25)(H,23,27). The first-order valence-corrected chi connectivity index (χ1v) is 9.45. The Bertz CT molecular complexity index is 925. The number of carbonyl (C=O) groups excluding carboxylic acids is 3. The van der Waals surface area contributed by atoms with Crippen molar-refractivity contribution in [3.8, 4) is 5.75 Å². The fourth-order valence-corrected chi connectivity index (χ4v) is 3.33. The summed E-state index contributed by atoms with van der Waals surface area (Å²) in [5.41, 5.74) is 1.60. The number of nitrogens with one attached hydrogen (secondary N) is 2. The first-order chi connectivity index (χ1) is 14.1. The maximum atomic E-state index is 12.4. The smallest absolute Gasteiger partial charge is 0.265 e. The van der Waals surface area contributed by atoms with E-state index in [2.05, 4.69) is 10.6 Å². The molecule has 2 aromatic carbocycles. The number of benzene rings is 2. The lowest BCUT2D eigenvalue weighted by atomic mass is 10.2. The molecule has 0 aliphatic carbocycles. The maximum Gasteiger partial charge on any atom is 0.265 e. The Balaban J connectivity index is 1.49. The number of rotatable bonds is 5. The van der Waals surface area contributed by atoms with E-state index in [1.165, 1.54) is 4.90 Å². The molecule has 2 aliphatic heterocycles. The van der Waals surface area contributed by atoms with Crippen LogP contribution in [0.2, 0.25) is 0 Å².